The van der Waals surface area contributed by atoms with Crippen LogP contribution in [0.15, 0.2) is 83.8 Å². The Morgan fingerprint density at radius 1 is 0.960 bits per heavy atom. The van der Waals surface area contributed by atoms with E-state index in [1.165, 1.54) is 10.6 Å². The van der Waals surface area contributed by atoms with Crippen molar-refractivity contribution in [3.05, 3.63) is 106 Å². The standard InChI is InChI=1S/C21H20N2O2/c1-23-15-18(12-13-20(23)24)21(25)22-19(17-10-6-3-7-11-17)14-16-8-4-2-5-9-16/h2-13,15,19H,14H2,1H3,(H,22,25). The Morgan fingerprint density at radius 2 is 1.60 bits per heavy atom. The van der Waals surface area contributed by atoms with E-state index in [2.05, 4.69) is 5.32 Å². The number of hydrogen-bond acceptors (Lipinski definition) is 2. The molecule has 1 heterocycles. The zero-order valence-electron chi connectivity index (χ0n) is 14.1. The molecule has 1 N–H and O–H groups in total. The van der Waals surface area contributed by atoms with Gasteiger partial charge in [-0.25, -0.2) is 0 Å². The molecule has 0 spiro atoms. The lowest BCUT2D eigenvalue weighted by molar-refractivity contribution is 0.0935. The lowest BCUT2D eigenvalue weighted by Crippen LogP contribution is -2.31. The number of pyridine rings is 1. The molecule has 3 aromatic rings. The Bertz CT molecular complexity index is 902. The monoisotopic (exact) mass is 332 g/mol. The Labute approximate surface area is 146 Å². The molecular weight excluding hydrogens is 312 g/mol. The van der Waals surface area contributed by atoms with E-state index in [1.54, 1.807) is 19.3 Å². The number of benzene rings is 2. The Kier molecular flexibility index (Phi) is 5.09. The number of nitrogens with one attached hydrogen (secondary N) is 1. The van der Waals surface area contributed by atoms with Crippen LogP contribution in [0.4, 0.5) is 0 Å². The second-order valence-electron chi connectivity index (χ2n) is 5.99. The van der Waals surface area contributed by atoms with E-state index in [0.717, 1.165) is 11.1 Å². The summed E-state index contributed by atoms with van der Waals surface area (Å²) in [7, 11) is 1.64. The fourth-order valence-electron chi connectivity index (χ4n) is 2.76. The number of rotatable bonds is 5. The predicted octanol–water partition coefficient (Wildman–Crippen LogP) is 3.10. The lowest BCUT2D eigenvalue weighted by atomic mass is 9.98. The molecule has 4 heteroatoms. The summed E-state index contributed by atoms with van der Waals surface area (Å²) in [5.41, 5.74) is 2.53. The highest BCUT2D eigenvalue weighted by atomic mass is 16.2. The summed E-state index contributed by atoms with van der Waals surface area (Å²) in [6.45, 7) is 0. The van der Waals surface area contributed by atoms with Crippen LogP contribution in [0, 0.1) is 0 Å². The number of amides is 1. The molecule has 0 radical (unpaired) electrons. The molecule has 0 aliphatic carbocycles. The van der Waals surface area contributed by atoms with Gasteiger partial charge in [0.15, 0.2) is 0 Å². The normalized spacial score (nSPS) is 11.7. The van der Waals surface area contributed by atoms with Crippen LogP contribution in [0.25, 0.3) is 0 Å². The highest BCUT2D eigenvalue weighted by Crippen LogP contribution is 2.19. The third-order valence-electron chi connectivity index (χ3n) is 4.14. The fraction of sp³-hybridized carbons (Fsp3) is 0.143. The number of carbonyl (C=O) groups excluding carboxylic acids is 1. The Hall–Kier alpha value is -3.14. The van der Waals surface area contributed by atoms with Gasteiger partial charge in [0.25, 0.3) is 5.91 Å². The van der Waals surface area contributed by atoms with E-state index in [9.17, 15) is 9.59 Å². The van der Waals surface area contributed by atoms with Gasteiger partial charge in [-0.05, 0) is 23.6 Å². The third kappa shape index (κ3) is 4.23. The van der Waals surface area contributed by atoms with Gasteiger partial charge in [-0.1, -0.05) is 60.7 Å². The molecule has 25 heavy (non-hydrogen) atoms. The molecular formula is C21H20N2O2. The van der Waals surface area contributed by atoms with E-state index in [1.807, 2.05) is 60.7 Å². The van der Waals surface area contributed by atoms with Crippen molar-refractivity contribution >= 4 is 5.91 Å². The van der Waals surface area contributed by atoms with Crippen LogP contribution in [-0.2, 0) is 13.5 Å². The average molecular weight is 332 g/mol. The highest BCUT2D eigenvalue weighted by molar-refractivity contribution is 5.94. The van der Waals surface area contributed by atoms with Crippen molar-refractivity contribution in [1.82, 2.24) is 9.88 Å². The molecule has 1 aromatic heterocycles. The summed E-state index contributed by atoms with van der Waals surface area (Å²) in [5.74, 6) is -0.194. The van der Waals surface area contributed by atoms with Crippen LogP contribution in [0.5, 0.6) is 0 Å². The van der Waals surface area contributed by atoms with E-state index in [0.29, 0.717) is 12.0 Å². The summed E-state index contributed by atoms with van der Waals surface area (Å²) < 4.78 is 1.41. The second-order valence-corrected chi connectivity index (χ2v) is 5.99. The second kappa shape index (κ2) is 7.62. The number of nitrogens with zero attached hydrogens (tertiary/aromatic N) is 1. The summed E-state index contributed by atoms with van der Waals surface area (Å²) >= 11 is 0. The van der Waals surface area contributed by atoms with Crippen LogP contribution >= 0.6 is 0 Å². The third-order valence-corrected chi connectivity index (χ3v) is 4.14. The van der Waals surface area contributed by atoms with Crippen LogP contribution in [0.3, 0.4) is 0 Å². The van der Waals surface area contributed by atoms with E-state index in [4.69, 9.17) is 0 Å². The van der Waals surface area contributed by atoms with Gasteiger partial charge in [0, 0.05) is 19.3 Å². The van der Waals surface area contributed by atoms with Crippen LogP contribution < -0.4 is 10.9 Å². The number of hydrogen-bond donors (Lipinski definition) is 1. The highest BCUT2D eigenvalue weighted by Gasteiger charge is 2.16. The van der Waals surface area contributed by atoms with Crippen LogP contribution in [-0.4, -0.2) is 10.5 Å². The maximum Gasteiger partial charge on any atom is 0.253 e. The maximum atomic E-state index is 12.7. The van der Waals surface area contributed by atoms with Crippen molar-refractivity contribution in [3.63, 3.8) is 0 Å². The number of aromatic nitrogens is 1. The smallest absolute Gasteiger partial charge is 0.253 e. The van der Waals surface area contributed by atoms with Gasteiger partial charge in [0.1, 0.15) is 0 Å². The molecule has 1 amide bonds. The van der Waals surface area contributed by atoms with Gasteiger partial charge in [0.05, 0.1) is 11.6 Å². The molecule has 2 aromatic carbocycles. The lowest BCUT2D eigenvalue weighted by Gasteiger charge is -2.20. The van der Waals surface area contributed by atoms with Crippen LogP contribution in [0.2, 0.25) is 0 Å². The quantitative estimate of drug-likeness (QED) is 0.780. The first-order valence-electron chi connectivity index (χ1n) is 8.20. The van der Waals surface area contributed by atoms with Crippen molar-refractivity contribution in [2.75, 3.05) is 0 Å². The number of aryl methyl sites for hydroxylation is 1. The van der Waals surface area contributed by atoms with Gasteiger partial charge in [-0.2, -0.15) is 0 Å². The molecule has 0 bridgehead atoms. The predicted molar refractivity (Wildman–Crippen MR) is 98.5 cm³/mol. The van der Waals surface area contributed by atoms with E-state index < -0.39 is 0 Å². The van der Waals surface area contributed by atoms with Gasteiger partial charge < -0.3 is 9.88 Å². The summed E-state index contributed by atoms with van der Waals surface area (Å²) in [6, 6.07) is 22.8. The largest absolute Gasteiger partial charge is 0.345 e. The molecule has 0 saturated heterocycles. The zero-order valence-corrected chi connectivity index (χ0v) is 14.1. The van der Waals surface area contributed by atoms with E-state index in [-0.39, 0.29) is 17.5 Å². The topological polar surface area (TPSA) is 51.1 Å². The Morgan fingerprint density at radius 3 is 2.24 bits per heavy atom. The first kappa shape index (κ1) is 16.7. The molecule has 0 saturated carbocycles. The van der Waals surface area contributed by atoms with Crippen LogP contribution in [0.1, 0.15) is 27.5 Å². The van der Waals surface area contributed by atoms with Gasteiger partial charge in [-0.15, -0.1) is 0 Å². The Balaban J connectivity index is 1.85. The molecule has 126 valence electrons. The first-order chi connectivity index (χ1) is 12.1. The van der Waals surface area contributed by atoms with Crippen molar-refractivity contribution in [2.24, 2.45) is 7.05 Å². The summed E-state index contributed by atoms with van der Waals surface area (Å²) in [5, 5.41) is 3.09. The number of carbonyl (C=O) groups is 1. The SMILES string of the molecule is Cn1cc(C(=O)NC(Cc2ccccc2)c2ccccc2)ccc1=O. The average Bonchev–Trinajstić information content (AvgIpc) is 2.65. The molecule has 1 unspecified atom stereocenters. The molecule has 3 rings (SSSR count). The summed E-state index contributed by atoms with van der Waals surface area (Å²) in [6.07, 6.45) is 2.25. The first-order valence-corrected chi connectivity index (χ1v) is 8.20. The van der Waals surface area contributed by atoms with Gasteiger partial charge in [0.2, 0.25) is 5.56 Å². The molecule has 0 aliphatic rings. The zero-order chi connectivity index (χ0) is 17.6. The van der Waals surface area contributed by atoms with Crippen molar-refractivity contribution in [3.8, 4) is 0 Å². The maximum absolute atomic E-state index is 12.7. The van der Waals surface area contributed by atoms with Gasteiger partial charge >= 0.3 is 0 Å². The van der Waals surface area contributed by atoms with Crippen molar-refractivity contribution < 1.29 is 4.79 Å². The minimum Gasteiger partial charge on any atom is -0.345 e. The minimum absolute atomic E-state index is 0.138. The molecule has 4 nitrogen and oxygen atoms in total. The van der Waals surface area contributed by atoms with Gasteiger partial charge in [-0.3, -0.25) is 9.59 Å². The molecule has 0 aliphatic heterocycles. The minimum atomic E-state index is -0.194. The fourth-order valence-corrected chi connectivity index (χ4v) is 2.76. The van der Waals surface area contributed by atoms with E-state index >= 15 is 0 Å². The molecule has 1 atom stereocenters. The van der Waals surface area contributed by atoms with Crippen molar-refractivity contribution in [1.29, 1.82) is 0 Å². The van der Waals surface area contributed by atoms with Crippen molar-refractivity contribution in [2.45, 2.75) is 12.5 Å². The summed E-state index contributed by atoms with van der Waals surface area (Å²) in [4.78, 5) is 24.2. The molecule has 0 fully saturated rings.